The molecule has 96 valence electrons. The number of rotatable bonds is 4. The van der Waals surface area contributed by atoms with E-state index in [1.54, 1.807) is 17.3 Å². The number of hydrogen-bond acceptors (Lipinski definition) is 3. The molecule has 1 N–H and O–H groups in total. The van der Waals surface area contributed by atoms with Gasteiger partial charge in [0, 0.05) is 18.9 Å². The van der Waals surface area contributed by atoms with E-state index in [4.69, 9.17) is 0 Å². The molecule has 0 radical (unpaired) electrons. The van der Waals surface area contributed by atoms with Gasteiger partial charge in [-0.15, -0.1) is 0 Å². The SMILES string of the molecule is CCCC1NC(=O)CN(Cc2cccnc2)C1=O. The van der Waals surface area contributed by atoms with E-state index in [0.29, 0.717) is 13.0 Å². The van der Waals surface area contributed by atoms with Crippen molar-refractivity contribution in [2.75, 3.05) is 6.54 Å². The number of nitrogens with one attached hydrogen (secondary N) is 1. The molecule has 1 aromatic heterocycles. The highest BCUT2D eigenvalue weighted by molar-refractivity contribution is 5.94. The van der Waals surface area contributed by atoms with Crippen molar-refractivity contribution < 1.29 is 9.59 Å². The molecular weight excluding hydrogens is 230 g/mol. The molecule has 1 saturated heterocycles. The zero-order chi connectivity index (χ0) is 13.0. The Morgan fingerprint density at radius 1 is 1.50 bits per heavy atom. The monoisotopic (exact) mass is 247 g/mol. The van der Waals surface area contributed by atoms with Gasteiger partial charge in [0.25, 0.3) is 0 Å². The maximum absolute atomic E-state index is 12.2. The zero-order valence-corrected chi connectivity index (χ0v) is 10.4. The van der Waals surface area contributed by atoms with Crippen molar-refractivity contribution in [1.29, 1.82) is 0 Å². The number of nitrogens with zero attached hydrogens (tertiary/aromatic N) is 2. The Labute approximate surface area is 106 Å². The number of pyridine rings is 1. The molecule has 5 nitrogen and oxygen atoms in total. The van der Waals surface area contributed by atoms with Crippen LogP contribution in [0.15, 0.2) is 24.5 Å². The Hall–Kier alpha value is -1.91. The second-order valence-corrected chi connectivity index (χ2v) is 4.46. The summed E-state index contributed by atoms with van der Waals surface area (Å²) in [5, 5.41) is 2.74. The minimum Gasteiger partial charge on any atom is -0.343 e. The lowest BCUT2D eigenvalue weighted by molar-refractivity contribution is -0.145. The van der Waals surface area contributed by atoms with Crippen LogP contribution in [0.3, 0.4) is 0 Å². The predicted molar refractivity (Wildman–Crippen MR) is 66.5 cm³/mol. The molecule has 0 aromatic carbocycles. The van der Waals surface area contributed by atoms with E-state index < -0.39 is 0 Å². The van der Waals surface area contributed by atoms with Gasteiger partial charge in [-0.1, -0.05) is 19.4 Å². The van der Waals surface area contributed by atoms with E-state index in [2.05, 4.69) is 10.3 Å². The Morgan fingerprint density at radius 3 is 3.00 bits per heavy atom. The van der Waals surface area contributed by atoms with Crippen molar-refractivity contribution in [1.82, 2.24) is 15.2 Å². The van der Waals surface area contributed by atoms with Crippen LogP contribution in [0.2, 0.25) is 0 Å². The van der Waals surface area contributed by atoms with Crippen LogP contribution in [0.25, 0.3) is 0 Å². The Morgan fingerprint density at radius 2 is 2.33 bits per heavy atom. The number of aromatic nitrogens is 1. The molecular formula is C13H17N3O2. The predicted octanol–water partition coefficient (Wildman–Crippen LogP) is 0.709. The second-order valence-electron chi connectivity index (χ2n) is 4.46. The molecule has 2 rings (SSSR count). The first-order chi connectivity index (χ1) is 8.70. The van der Waals surface area contributed by atoms with Gasteiger partial charge in [-0.25, -0.2) is 0 Å². The van der Waals surface area contributed by atoms with E-state index >= 15 is 0 Å². The van der Waals surface area contributed by atoms with Crippen LogP contribution < -0.4 is 5.32 Å². The van der Waals surface area contributed by atoms with Crippen LogP contribution in [-0.2, 0) is 16.1 Å². The van der Waals surface area contributed by atoms with E-state index in [-0.39, 0.29) is 24.4 Å². The maximum Gasteiger partial charge on any atom is 0.245 e. The molecule has 0 bridgehead atoms. The van der Waals surface area contributed by atoms with Crippen molar-refractivity contribution in [2.24, 2.45) is 0 Å². The van der Waals surface area contributed by atoms with Crippen LogP contribution in [0.5, 0.6) is 0 Å². The third-order valence-corrected chi connectivity index (χ3v) is 2.95. The number of hydrogen-bond donors (Lipinski definition) is 1. The molecule has 1 aliphatic rings. The summed E-state index contributed by atoms with van der Waals surface area (Å²) in [7, 11) is 0. The lowest BCUT2D eigenvalue weighted by Gasteiger charge is -2.32. The molecule has 1 atom stereocenters. The average Bonchev–Trinajstić information content (AvgIpc) is 2.36. The van der Waals surface area contributed by atoms with Gasteiger partial charge in [-0.2, -0.15) is 0 Å². The minimum absolute atomic E-state index is 0.000281. The van der Waals surface area contributed by atoms with E-state index in [1.165, 1.54) is 0 Å². The summed E-state index contributed by atoms with van der Waals surface area (Å²) in [5.41, 5.74) is 0.941. The highest BCUT2D eigenvalue weighted by Crippen LogP contribution is 2.11. The summed E-state index contributed by atoms with van der Waals surface area (Å²) in [6.07, 6.45) is 4.97. The summed E-state index contributed by atoms with van der Waals surface area (Å²) in [6, 6.07) is 3.36. The summed E-state index contributed by atoms with van der Waals surface area (Å²) < 4.78 is 0. The van der Waals surface area contributed by atoms with Gasteiger partial charge in [0.15, 0.2) is 0 Å². The smallest absolute Gasteiger partial charge is 0.245 e. The lowest BCUT2D eigenvalue weighted by atomic mass is 10.1. The van der Waals surface area contributed by atoms with E-state index in [1.807, 2.05) is 19.1 Å². The third kappa shape index (κ3) is 2.85. The second kappa shape index (κ2) is 5.62. The molecule has 0 saturated carbocycles. The molecule has 1 aliphatic heterocycles. The molecule has 1 fully saturated rings. The lowest BCUT2D eigenvalue weighted by Crippen LogP contribution is -2.57. The van der Waals surface area contributed by atoms with Crippen molar-refractivity contribution in [3.05, 3.63) is 30.1 Å². The standard InChI is InChI=1S/C13H17N3O2/c1-2-4-11-13(18)16(9-12(17)15-11)8-10-5-3-6-14-7-10/h3,5-7,11H,2,4,8-9H2,1H3,(H,15,17). The third-order valence-electron chi connectivity index (χ3n) is 2.95. The number of carbonyl (C=O) groups is 2. The fourth-order valence-corrected chi connectivity index (χ4v) is 2.10. The Kier molecular flexibility index (Phi) is 3.92. The van der Waals surface area contributed by atoms with Crippen LogP contribution in [0.4, 0.5) is 0 Å². The van der Waals surface area contributed by atoms with E-state index in [9.17, 15) is 9.59 Å². The molecule has 2 heterocycles. The van der Waals surface area contributed by atoms with Crippen LogP contribution >= 0.6 is 0 Å². The highest BCUT2D eigenvalue weighted by atomic mass is 16.2. The summed E-state index contributed by atoms with van der Waals surface area (Å²) >= 11 is 0. The fourth-order valence-electron chi connectivity index (χ4n) is 2.10. The van der Waals surface area contributed by atoms with Crippen molar-refractivity contribution in [3.63, 3.8) is 0 Å². The summed E-state index contributed by atoms with van der Waals surface area (Å²) in [6.45, 7) is 2.58. The largest absolute Gasteiger partial charge is 0.343 e. The minimum atomic E-state index is -0.368. The van der Waals surface area contributed by atoms with Gasteiger partial charge in [0.05, 0.1) is 6.54 Å². The van der Waals surface area contributed by atoms with Gasteiger partial charge >= 0.3 is 0 Å². The first-order valence-electron chi connectivity index (χ1n) is 6.17. The molecule has 1 aromatic rings. The topological polar surface area (TPSA) is 62.3 Å². The molecule has 1 unspecified atom stereocenters. The molecule has 5 heteroatoms. The number of piperazine rings is 1. The molecule has 0 aliphatic carbocycles. The fraction of sp³-hybridized carbons (Fsp3) is 0.462. The van der Waals surface area contributed by atoms with Gasteiger partial charge in [-0.3, -0.25) is 14.6 Å². The van der Waals surface area contributed by atoms with Crippen LogP contribution in [0.1, 0.15) is 25.3 Å². The van der Waals surface area contributed by atoms with Crippen molar-refractivity contribution in [3.8, 4) is 0 Å². The first-order valence-corrected chi connectivity index (χ1v) is 6.17. The van der Waals surface area contributed by atoms with Crippen LogP contribution in [0, 0.1) is 0 Å². The van der Waals surface area contributed by atoms with Gasteiger partial charge in [0.2, 0.25) is 11.8 Å². The van der Waals surface area contributed by atoms with E-state index in [0.717, 1.165) is 12.0 Å². The van der Waals surface area contributed by atoms with Gasteiger partial charge in [0.1, 0.15) is 6.04 Å². The quantitative estimate of drug-likeness (QED) is 0.852. The Balaban J connectivity index is 2.07. The first kappa shape index (κ1) is 12.5. The number of carbonyl (C=O) groups excluding carboxylic acids is 2. The molecule has 0 spiro atoms. The molecule has 2 amide bonds. The highest BCUT2D eigenvalue weighted by Gasteiger charge is 2.31. The summed E-state index contributed by atoms with van der Waals surface area (Å²) in [5.74, 6) is -0.0859. The summed E-state index contributed by atoms with van der Waals surface area (Å²) in [4.78, 5) is 29.3. The van der Waals surface area contributed by atoms with Crippen molar-refractivity contribution >= 4 is 11.8 Å². The zero-order valence-electron chi connectivity index (χ0n) is 10.4. The Bertz CT molecular complexity index is 433. The maximum atomic E-state index is 12.2. The van der Waals surface area contributed by atoms with Crippen molar-refractivity contribution in [2.45, 2.75) is 32.4 Å². The normalized spacial score (nSPS) is 19.8. The van der Waals surface area contributed by atoms with Gasteiger partial charge < -0.3 is 10.2 Å². The van der Waals surface area contributed by atoms with Crippen LogP contribution in [-0.4, -0.2) is 34.3 Å². The molecule has 18 heavy (non-hydrogen) atoms. The van der Waals surface area contributed by atoms with Gasteiger partial charge in [-0.05, 0) is 18.1 Å². The average molecular weight is 247 g/mol. The number of amides is 2.